The van der Waals surface area contributed by atoms with Gasteiger partial charge < -0.3 is 15.2 Å². The third-order valence-corrected chi connectivity index (χ3v) is 5.22. The van der Waals surface area contributed by atoms with Gasteiger partial charge in [0.1, 0.15) is 5.75 Å². The van der Waals surface area contributed by atoms with Crippen molar-refractivity contribution in [2.75, 3.05) is 19.8 Å². The van der Waals surface area contributed by atoms with Crippen molar-refractivity contribution in [1.82, 2.24) is 10.3 Å². The van der Waals surface area contributed by atoms with Gasteiger partial charge in [-0.2, -0.15) is 0 Å². The van der Waals surface area contributed by atoms with Crippen LogP contribution in [0.25, 0.3) is 22.2 Å². The van der Waals surface area contributed by atoms with Gasteiger partial charge in [0.25, 0.3) is 0 Å². The summed E-state index contributed by atoms with van der Waals surface area (Å²) in [5.41, 5.74) is 10.1. The van der Waals surface area contributed by atoms with E-state index in [9.17, 15) is 4.79 Å². The zero-order chi connectivity index (χ0) is 23.5. The quantitative estimate of drug-likeness (QED) is 0.178. The van der Waals surface area contributed by atoms with Crippen LogP contribution in [0.15, 0.2) is 53.5 Å². The lowest BCUT2D eigenvalue weighted by Gasteiger charge is -2.12. The average Bonchev–Trinajstić information content (AvgIpc) is 2.81. The van der Waals surface area contributed by atoms with Crippen LogP contribution in [0.4, 0.5) is 5.69 Å². The predicted molar refractivity (Wildman–Crippen MR) is 133 cm³/mol. The van der Waals surface area contributed by atoms with Crippen LogP contribution >= 0.6 is 0 Å². The molecule has 0 bridgehead atoms. The van der Waals surface area contributed by atoms with Gasteiger partial charge in [-0.3, -0.25) is 10.1 Å². The third kappa shape index (κ3) is 7.02. The second-order valence-corrected chi connectivity index (χ2v) is 7.80. The van der Waals surface area contributed by atoms with E-state index in [1.54, 1.807) is 0 Å². The molecule has 2 aromatic carbocycles. The maximum atomic E-state index is 10.8. The fourth-order valence-electron chi connectivity index (χ4n) is 3.50. The molecule has 1 amide bonds. The first-order valence-corrected chi connectivity index (χ1v) is 11.4. The number of amides is 1. The molecule has 1 heterocycles. The molecule has 7 heteroatoms. The largest absolute Gasteiger partial charge is 0.493 e. The molecule has 0 fully saturated rings. The average molecular weight is 449 g/mol. The number of nitrogens with one attached hydrogen (secondary N) is 1. The fourth-order valence-corrected chi connectivity index (χ4v) is 3.50. The molecule has 0 atom stereocenters. The number of hydrogen-bond acceptors (Lipinski definition) is 5. The highest BCUT2D eigenvalue weighted by molar-refractivity contribution is 5.97. The molecular weight excluding hydrogens is 416 g/mol. The van der Waals surface area contributed by atoms with Crippen LogP contribution < -0.4 is 15.8 Å². The van der Waals surface area contributed by atoms with E-state index in [0.717, 1.165) is 52.9 Å². The highest BCUT2D eigenvalue weighted by Crippen LogP contribution is 2.33. The minimum Gasteiger partial charge on any atom is -0.493 e. The zero-order valence-corrected chi connectivity index (χ0v) is 19.3. The molecule has 0 radical (unpaired) electrons. The Morgan fingerprint density at radius 1 is 1.09 bits per heavy atom. The first-order chi connectivity index (χ1) is 16.1. The van der Waals surface area contributed by atoms with Crippen LogP contribution in [-0.2, 0) is 9.53 Å². The Kier molecular flexibility index (Phi) is 9.20. The lowest BCUT2D eigenvalue weighted by Crippen LogP contribution is -2.29. The molecule has 0 aliphatic heterocycles. The Morgan fingerprint density at radius 2 is 1.91 bits per heavy atom. The number of hydrogen-bond donors (Lipinski definition) is 2. The van der Waals surface area contributed by atoms with Crippen LogP contribution in [0.2, 0.25) is 0 Å². The second-order valence-electron chi connectivity index (χ2n) is 7.80. The monoisotopic (exact) mass is 448 g/mol. The minimum atomic E-state index is 0.0137. The number of carbonyl (C=O) groups excluding carboxylic acids is 1. The van der Waals surface area contributed by atoms with E-state index in [1.165, 1.54) is 12.8 Å². The number of fused-ring (bicyclic) bond motifs is 1. The fraction of sp³-hybridized carbons (Fsp3) is 0.346. The standard InChI is InChI=1S/C26H32N4O3/c1-3-4-7-13-32-14-8-15-33-20-11-12-23-22(16-20)25(30-26(27)28-18-31)17-24(29-23)21-10-6-5-9-19(21)2/h5-6,9-12,16-18H,3-4,7-8,13-15H2,1-2H3,(H3,27,28,29,30,31). The number of aryl methyl sites for hydroxylation is 1. The number of benzene rings is 2. The van der Waals surface area contributed by atoms with Gasteiger partial charge in [-0.15, -0.1) is 0 Å². The van der Waals surface area contributed by atoms with Crippen LogP contribution in [0.5, 0.6) is 5.75 Å². The molecule has 3 rings (SSSR count). The van der Waals surface area contributed by atoms with E-state index < -0.39 is 0 Å². The summed E-state index contributed by atoms with van der Waals surface area (Å²) in [7, 11) is 0. The van der Waals surface area contributed by atoms with Crippen LogP contribution in [0.3, 0.4) is 0 Å². The molecule has 0 saturated heterocycles. The van der Waals surface area contributed by atoms with Gasteiger partial charge in [0.05, 0.1) is 23.5 Å². The number of aromatic nitrogens is 1. The Labute approximate surface area is 195 Å². The first-order valence-electron chi connectivity index (χ1n) is 11.4. The molecule has 0 aliphatic carbocycles. The number of nitrogens with zero attached hydrogens (tertiary/aromatic N) is 2. The van der Waals surface area contributed by atoms with E-state index in [4.69, 9.17) is 20.2 Å². The molecule has 174 valence electrons. The van der Waals surface area contributed by atoms with Crippen molar-refractivity contribution in [3.05, 3.63) is 54.1 Å². The minimum absolute atomic E-state index is 0.0137. The molecule has 0 unspecified atom stereocenters. The Bertz CT molecular complexity index is 1100. The highest BCUT2D eigenvalue weighted by Gasteiger charge is 2.11. The number of carbonyl (C=O) groups is 1. The summed E-state index contributed by atoms with van der Waals surface area (Å²) in [5, 5.41) is 3.18. The predicted octanol–water partition coefficient (Wildman–Crippen LogP) is 4.88. The molecule has 7 nitrogen and oxygen atoms in total. The topological polar surface area (TPSA) is 98.8 Å². The van der Waals surface area contributed by atoms with Crippen molar-refractivity contribution >= 4 is 29.0 Å². The SMILES string of the molecule is CCCCCOCCCOc1ccc2nc(-c3ccccc3C)cc(N=C(N)NC=O)c2c1. The van der Waals surface area contributed by atoms with Crippen molar-refractivity contribution in [2.45, 2.75) is 39.5 Å². The van der Waals surface area contributed by atoms with E-state index in [2.05, 4.69) is 17.2 Å². The van der Waals surface area contributed by atoms with Gasteiger partial charge in [0.15, 0.2) is 5.96 Å². The molecule has 0 spiro atoms. The number of nitrogens with two attached hydrogens (primary N) is 1. The number of unbranched alkanes of at least 4 members (excludes halogenated alkanes) is 2. The molecule has 3 N–H and O–H groups in total. The lowest BCUT2D eigenvalue weighted by molar-refractivity contribution is -0.108. The maximum Gasteiger partial charge on any atom is 0.213 e. The smallest absolute Gasteiger partial charge is 0.213 e. The van der Waals surface area contributed by atoms with Gasteiger partial charge in [0.2, 0.25) is 6.41 Å². The summed E-state index contributed by atoms with van der Waals surface area (Å²) in [6.07, 6.45) is 4.81. The zero-order valence-electron chi connectivity index (χ0n) is 19.3. The van der Waals surface area contributed by atoms with Gasteiger partial charge >= 0.3 is 0 Å². The van der Waals surface area contributed by atoms with Gasteiger partial charge in [-0.25, -0.2) is 9.98 Å². The molecule has 3 aromatic rings. The summed E-state index contributed by atoms with van der Waals surface area (Å²) in [6, 6.07) is 15.6. The number of pyridine rings is 1. The number of ether oxygens (including phenoxy) is 2. The van der Waals surface area contributed by atoms with Crippen molar-refractivity contribution in [1.29, 1.82) is 0 Å². The van der Waals surface area contributed by atoms with Gasteiger partial charge in [0, 0.05) is 30.6 Å². The summed E-state index contributed by atoms with van der Waals surface area (Å²) >= 11 is 0. The van der Waals surface area contributed by atoms with E-state index in [-0.39, 0.29) is 5.96 Å². The van der Waals surface area contributed by atoms with E-state index >= 15 is 0 Å². The van der Waals surface area contributed by atoms with E-state index in [0.29, 0.717) is 25.3 Å². The number of guanidine groups is 1. The summed E-state index contributed by atoms with van der Waals surface area (Å²) in [5.74, 6) is 0.733. The molecular formula is C26H32N4O3. The van der Waals surface area contributed by atoms with Gasteiger partial charge in [-0.1, -0.05) is 44.0 Å². The van der Waals surface area contributed by atoms with Crippen LogP contribution in [0, 0.1) is 6.92 Å². The van der Waals surface area contributed by atoms with Crippen molar-refractivity contribution in [3.8, 4) is 17.0 Å². The molecule has 0 saturated carbocycles. The Hall–Kier alpha value is -3.45. The van der Waals surface area contributed by atoms with E-state index in [1.807, 2.05) is 55.5 Å². The number of rotatable bonds is 12. The van der Waals surface area contributed by atoms with Crippen LogP contribution in [0.1, 0.15) is 38.2 Å². The summed E-state index contributed by atoms with van der Waals surface area (Å²) in [6.45, 7) is 6.26. The molecule has 1 aromatic heterocycles. The maximum absolute atomic E-state index is 10.8. The first kappa shape index (κ1) is 24.2. The van der Waals surface area contributed by atoms with Crippen molar-refractivity contribution in [2.24, 2.45) is 10.7 Å². The van der Waals surface area contributed by atoms with Gasteiger partial charge in [-0.05, 0) is 43.2 Å². The lowest BCUT2D eigenvalue weighted by atomic mass is 10.0. The number of aliphatic imine (C=N–C) groups is 1. The van der Waals surface area contributed by atoms with Crippen LogP contribution in [-0.4, -0.2) is 37.2 Å². The Morgan fingerprint density at radius 3 is 2.70 bits per heavy atom. The highest BCUT2D eigenvalue weighted by atomic mass is 16.5. The Balaban J connectivity index is 1.81. The normalized spacial score (nSPS) is 11.5. The van der Waals surface area contributed by atoms with Crippen molar-refractivity contribution in [3.63, 3.8) is 0 Å². The second kappa shape index (κ2) is 12.6. The summed E-state index contributed by atoms with van der Waals surface area (Å²) < 4.78 is 11.6. The third-order valence-electron chi connectivity index (χ3n) is 5.22. The molecule has 33 heavy (non-hydrogen) atoms. The summed E-state index contributed by atoms with van der Waals surface area (Å²) in [4.78, 5) is 20.0. The van der Waals surface area contributed by atoms with Crippen molar-refractivity contribution < 1.29 is 14.3 Å². The molecule has 0 aliphatic rings.